The van der Waals surface area contributed by atoms with Crippen molar-refractivity contribution >= 4 is 23.6 Å². The Morgan fingerprint density at radius 3 is 2.74 bits per heavy atom. The van der Waals surface area contributed by atoms with Crippen LogP contribution in [0.1, 0.15) is 23.2 Å². The highest BCUT2D eigenvalue weighted by Crippen LogP contribution is 2.25. The molecule has 122 valence electrons. The number of amides is 3. The molecule has 2 aliphatic heterocycles. The molecule has 0 saturated carbocycles. The van der Waals surface area contributed by atoms with E-state index < -0.39 is 23.7 Å². The van der Waals surface area contributed by atoms with Gasteiger partial charge in [0.15, 0.2) is 0 Å². The summed E-state index contributed by atoms with van der Waals surface area (Å²) in [5.41, 5.74) is 0.200. The Morgan fingerprint density at radius 1 is 1.30 bits per heavy atom. The molecule has 1 aromatic rings. The number of halogens is 1. The van der Waals surface area contributed by atoms with Crippen molar-refractivity contribution < 1.29 is 23.9 Å². The van der Waals surface area contributed by atoms with Crippen molar-refractivity contribution in [2.75, 3.05) is 24.5 Å². The molecular weight excluding hydrogens is 305 g/mol. The van der Waals surface area contributed by atoms with Crippen molar-refractivity contribution in [1.29, 1.82) is 0 Å². The van der Waals surface area contributed by atoms with Gasteiger partial charge in [-0.3, -0.25) is 9.69 Å². The lowest BCUT2D eigenvalue weighted by Gasteiger charge is -2.22. The Balaban J connectivity index is 1.91. The predicted molar refractivity (Wildman–Crippen MR) is 78.8 cm³/mol. The van der Waals surface area contributed by atoms with Crippen LogP contribution >= 0.6 is 0 Å². The Labute approximate surface area is 131 Å². The molecule has 2 aliphatic rings. The molecule has 2 heterocycles. The molecule has 0 radical (unpaired) electrons. The number of carboxylic acids is 1. The van der Waals surface area contributed by atoms with Crippen LogP contribution in [0.15, 0.2) is 18.2 Å². The van der Waals surface area contributed by atoms with E-state index in [4.69, 9.17) is 5.11 Å². The molecule has 1 atom stereocenters. The maximum Gasteiger partial charge on any atom is 0.326 e. The number of anilines is 1. The van der Waals surface area contributed by atoms with Crippen molar-refractivity contribution in [2.45, 2.75) is 18.9 Å². The van der Waals surface area contributed by atoms with Crippen LogP contribution in [0.5, 0.6) is 0 Å². The summed E-state index contributed by atoms with van der Waals surface area (Å²) in [7, 11) is 0. The van der Waals surface area contributed by atoms with Crippen LogP contribution in [0.25, 0.3) is 0 Å². The number of hydrogen-bond acceptors (Lipinski definition) is 3. The van der Waals surface area contributed by atoms with Crippen LogP contribution in [0.4, 0.5) is 14.9 Å². The lowest BCUT2D eigenvalue weighted by atomic mass is 10.1. The number of urea groups is 1. The molecule has 1 aromatic carbocycles. The summed E-state index contributed by atoms with van der Waals surface area (Å²) in [4.78, 5) is 38.0. The van der Waals surface area contributed by atoms with Gasteiger partial charge in [-0.25, -0.2) is 14.0 Å². The molecule has 2 saturated heterocycles. The number of benzene rings is 1. The highest BCUT2D eigenvalue weighted by atomic mass is 19.1. The largest absolute Gasteiger partial charge is 0.480 e. The third-order valence-electron chi connectivity index (χ3n) is 4.15. The Bertz CT molecular complexity index is 679. The Morgan fingerprint density at radius 2 is 2.09 bits per heavy atom. The van der Waals surface area contributed by atoms with Gasteiger partial charge in [0.2, 0.25) is 0 Å². The highest BCUT2D eigenvalue weighted by molar-refractivity contribution is 6.00. The third kappa shape index (κ3) is 2.71. The number of nitrogens with zero attached hydrogens (tertiary/aromatic N) is 2. The van der Waals surface area contributed by atoms with Gasteiger partial charge in [0.05, 0.1) is 5.56 Å². The van der Waals surface area contributed by atoms with Crippen molar-refractivity contribution in [3.8, 4) is 0 Å². The van der Waals surface area contributed by atoms with Crippen molar-refractivity contribution in [3.05, 3.63) is 29.6 Å². The number of carboxylic acid groups (broad SMARTS) is 1. The fourth-order valence-corrected chi connectivity index (χ4v) is 2.98. The maximum atomic E-state index is 14.1. The summed E-state index contributed by atoms with van der Waals surface area (Å²) < 4.78 is 14.1. The summed E-state index contributed by atoms with van der Waals surface area (Å²) in [5, 5.41) is 11.8. The Kier molecular flexibility index (Phi) is 3.89. The van der Waals surface area contributed by atoms with Gasteiger partial charge in [-0.1, -0.05) is 0 Å². The molecule has 3 amide bonds. The molecule has 0 unspecified atom stereocenters. The minimum atomic E-state index is -1.09. The first-order valence-corrected chi connectivity index (χ1v) is 7.37. The number of likely N-dealkylation sites (tertiary alicyclic amines) is 1. The van der Waals surface area contributed by atoms with Crippen molar-refractivity contribution in [3.63, 3.8) is 0 Å². The van der Waals surface area contributed by atoms with Gasteiger partial charge in [0, 0.05) is 25.3 Å². The van der Waals surface area contributed by atoms with Crippen LogP contribution in [0.3, 0.4) is 0 Å². The number of rotatable bonds is 3. The average Bonchev–Trinajstić information content (AvgIpc) is 3.16. The second kappa shape index (κ2) is 5.86. The summed E-state index contributed by atoms with van der Waals surface area (Å²) in [6, 6.07) is 2.62. The molecular formula is C15H16FN3O4. The lowest BCUT2D eigenvalue weighted by molar-refractivity contribution is -0.141. The van der Waals surface area contributed by atoms with E-state index in [0.717, 1.165) is 6.07 Å². The van der Waals surface area contributed by atoms with Crippen LogP contribution in [0.2, 0.25) is 0 Å². The quantitative estimate of drug-likeness (QED) is 0.870. The highest BCUT2D eigenvalue weighted by Gasteiger charge is 2.35. The topological polar surface area (TPSA) is 89.9 Å². The fourth-order valence-electron chi connectivity index (χ4n) is 2.98. The van der Waals surface area contributed by atoms with E-state index in [1.54, 1.807) is 0 Å². The Hall–Kier alpha value is -2.64. The van der Waals surface area contributed by atoms with Gasteiger partial charge in [-0.05, 0) is 31.0 Å². The zero-order valence-electron chi connectivity index (χ0n) is 12.3. The minimum Gasteiger partial charge on any atom is -0.480 e. The van der Waals surface area contributed by atoms with Crippen LogP contribution in [0, 0.1) is 5.82 Å². The standard InChI is InChI=1S/C15H16FN3O4/c16-11-4-3-9(18-7-5-17-15(18)23)8-10(11)13(20)19-6-1-2-12(19)14(21)22/h3-4,8,12H,1-2,5-7H2,(H,17,23)(H,21,22)/t12-/m0/s1. The SMILES string of the molecule is O=C(O)[C@@H]1CCCN1C(=O)c1cc(N2CCNC2=O)ccc1F. The summed E-state index contributed by atoms with van der Waals surface area (Å²) in [5.74, 6) is -2.48. The number of nitrogens with one attached hydrogen (secondary N) is 1. The minimum absolute atomic E-state index is 0.213. The molecule has 23 heavy (non-hydrogen) atoms. The van der Waals surface area contributed by atoms with E-state index >= 15 is 0 Å². The van der Waals surface area contributed by atoms with Gasteiger partial charge in [-0.2, -0.15) is 0 Å². The average molecular weight is 321 g/mol. The van der Waals surface area contributed by atoms with Crippen molar-refractivity contribution in [2.24, 2.45) is 0 Å². The maximum absolute atomic E-state index is 14.1. The number of carbonyl (C=O) groups excluding carboxylic acids is 2. The summed E-state index contributed by atoms with van der Waals surface area (Å²) >= 11 is 0. The predicted octanol–water partition coefficient (Wildman–Crippen LogP) is 1.04. The van der Waals surface area contributed by atoms with Gasteiger partial charge in [-0.15, -0.1) is 0 Å². The first-order chi connectivity index (χ1) is 11.0. The first kappa shape index (κ1) is 15.3. The van der Waals surface area contributed by atoms with Gasteiger partial charge >= 0.3 is 12.0 Å². The number of aliphatic carboxylic acids is 1. The molecule has 0 spiro atoms. The monoisotopic (exact) mass is 321 g/mol. The number of carbonyl (C=O) groups is 3. The molecule has 0 aromatic heterocycles. The molecule has 2 fully saturated rings. The zero-order valence-corrected chi connectivity index (χ0v) is 12.3. The lowest BCUT2D eigenvalue weighted by Crippen LogP contribution is -2.40. The number of hydrogen-bond donors (Lipinski definition) is 2. The normalized spacial score (nSPS) is 20.7. The molecule has 0 bridgehead atoms. The van der Waals surface area contributed by atoms with Crippen molar-refractivity contribution in [1.82, 2.24) is 10.2 Å². The second-order valence-corrected chi connectivity index (χ2v) is 5.54. The van der Waals surface area contributed by atoms with Gasteiger partial charge in [0.25, 0.3) is 5.91 Å². The van der Waals surface area contributed by atoms with Crippen LogP contribution in [-0.4, -0.2) is 53.6 Å². The zero-order chi connectivity index (χ0) is 16.6. The van der Waals surface area contributed by atoms with Gasteiger partial charge < -0.3 is 15.3 Å². The molecule has 2 N–H and O–H groups in total. The molecule has 8 heteroatoms. The van der Waals surface area contributed by atoms with E-state index in [2.05, 4.69) is 5.32 Å². The smallest absolute Gasteiger partial charge is 0.326 e. The summed E-state index contributed by atoms with van der Waals surface area (Å²) in [6.07, 6.45) is 0.926. The van der Waals surface area contributed by atoms with Crippen LogP contribution < -0.4 is 10.2 Å². The van der Waals surface area contributed by atoms with E-state index in [9.17, 15) is 18.8 Å². The molecule has 3 rings (SSSR count). The van der Waals surface area contributed by atoms with E-state index in [1.807, 2.05) is 0 Å². The van der Waals surface area contributed by atoms with Crippen LogP contribution in [-0.2, 0) is 4.79 Å². The van der Waals surface area contributed by atoms with Gasteiger partial charge in [0.1, 0.15) is 11.9 Å². The first-order valence-electron chi connectivity index (χ1n) is 7.37. The third-order valence-corrected chi connectivity index (χ3v) is 4.15. The van der Waals surface area contributed by atoms with E-state index in [0.29, 0.717) is 31.6 Å². The second-order valence-electron chi connectivity index (χ2n) is 5.54. The molecule has 7 nitrogen and oxygen atoms in total. The van der Waals surface area contributed by atoms with E-state index in [-0.39, 0.29) is 18.1 Å². The fraction of sp³-hybridized carbons (Fsp3) is 0.400. The molecule has 0 aliphatic carbocycles. The summed E-state index contributed by atoms with van der Waals surface area (Å²) in [6.45, 7) is 1.19. The van der Waals surface area contributed by atoms with E-state index in [1.165, 1.54) is 21.9 Å².